The van der Waals surface area contributed by atoms with Crippen molar-refractivity contribution < 1.29 is 14.3 Å². The van der Waals surface area contributed by atoms with Crippen LogP contribution < -0.4 is 20.1 Å². The van der Waals surface area contributed by atoms with Gasteiger partial charge < -0.3 is 20.1 Å². The second-order valence-corrected chi connectivity index (χ2v) is 6.75. The Morgan fingerprint density at radius 3 is 2.72 bits per heavy atom. The van der Waals surface area contributed by atoms with Crippen LogP contribution in [-0.2, 0) is 13.1 Å². The van der Waals surface area contributed by atoms with E-state index in [1.165, 1.54) is 0 Å². The summed E-state index contributed by atoms with van der Waals surface area (Å²) in [6.45, 7) is 2.33. The highest BCUT2D eigenvalue weighted by Crippen LogP contribution is 2.33. The summed E-state index contributed by atoms with van der Waals surface area (Å²) in [6, 6.07) is 19.3. The molecular weight excluding hydrogens is 366 g/mol. The van der Waals surface area contributed by atoms with Crippen LogP contribution in [0.2, 0.25) is 0 Å². The zero-order valence-corrected chi connectivity index (χ0v) is 16.1. The smallest absolute Gasteiger partial charge is 0.270 e. The number of anilines is 1. The lowest BCUT2D eigenvalue weighted by molar-refractivity contribution is 0.0946. The lowest BCUT2D eigenvalue weighted by Crippen LogP contribution is -2.23. The normalized spacial score (nSPS) is 12.7. The third-order valence-corrected chi connectivity index (χ3v) is 4.62. The van der Waals surface area contributed by atoms with Crippen LogP contribution in [0.5, 0.6) is 11.5 Å². The van der Waals surface area contributed by atoms with Crippen molar-refractivity contribution in [3.05, 3.63) is 83.7 Å². The number of carbonyl (C=O) groups is 1. The number of hydrogen-bond donors (Lipinski definition) is 2. The van der Waals surface area contributed by atoms with Gasteiger partial charge in [-0.3, -0.25) is 9.78 Å². The topological polar surface area (TPSA) is 72.5 Å². The van der Waals surface area contributed by atoms with E-state index in [0.717, 1.165) is 34.7 Å². The van der Waals surface area contributed by atoms with Crippen LogP contribution >= 0.6 is 0 Å². The first kappa shape index (κ1) is 18.8. The summed E-state index contributed by atoms with van der Waals surface area (Å²) >= 11 is 0. The molecule has 2 heterocycles. The van der Waals surface area contributed by atoms with Gasteiger partial charge in [0.05, 0.1) is 13.2 Å². The fraction of sp³-hybridized carbons (Fsp3) is 0.217. The minimum absolute atomic E-state index is 0.206. The monoisotopic (exact) mass is 389 g/mol. The number of carbonyl (C=O) groups excluding carboxylic acids is 1. The van der Waals surface area contributed by atoms with Crippen LogP contribution in [0.3, 0.4) is 0 Å². The summed E-state index contributed by atoms with van der Waals surface area (Å²) in [7, 11) is 0. The molecule has 0 radical (unpaired) electrons. The molecule has 0 saturated heterocycles. The highest BCUT2D eigenvalue weighted by atomic mass is 16.5. The molecule has 0 unspecified atom stereocenters. The predicted molar refractivity (Wildman–Crippen MR) is 111 cm³/mol. The van der Waals surface area contributed by atoms with Gasteiger partial charge in [-0.25, -0.2) is 0 Å². The Labute approximate surface area is 169 Å². The zero-order valence-electron chi connectivity index (χ0n) is 16.1. The molecule has 1 amide bonds. The first-order chi connectivity index (χ1) is 14.3. The second kappa shape index (κ2) is 9.10. The van der Waals surface area contributed by atoms with Crippen molar-refractivity contribution >= 4 is 11.6 Å². The molecule has 0 fully saturated rings. The number of nitrogens with zero attached hydrogens (tertiary/aromatic N) is 1. The third-order valence-electron chi connectivity index (χ3n) is 4.62. The standard InChI is InChI=1S/C23H23N3O3/c27-23(26-15-17-6-2-1-3-7-17)20-14-19(10-11-24-20)25-16-18-8-4-9-21-22(18)29-13-5-12-28-21/h1-4,6-11,14H,5,12-13,15-16H2,(H,24,25)(H,26,27). The average molecular weight is 389 g/mol. The van der Waals surface area contributed by atoms with Gasteiger partial charge in [0.1, 0.15) is 5.69 Å². The SMILES string of the molecule is O=C(NCc1ccccc1)c1cc(NCc2cccc3c2OCCCO3)ccn1. The summed E-state index contributed by atoms with van der Waals surface area (Å²) in [5.41, 5.74) is 3.24. The molecule has 4 rings (SSSR count). The van der Waals surface area contributed by atoms with Crippen molar-refractivity contribution in [2.45, 2.75) is 19.5 Å². The highest BCUT2D eigenvalue weighted by molar-refractivity contribution is 5.93. The molecule has 3 aromatic rings. The highest BCUT2D eigenvalue weighted by Gasteiger charge is 2.14. The molecule has 2 aromatic carbocycles. The second-order valence-electron chi connectivity index (χ2n) is 6.75. The fourth-order valence-corrected chi connectivity index (χ4v) is 3.12. The quantitative estimate of drug-likeness (QED) is 0.671. The molecule has 0 atom stereocenters. The van der Waals surface area contributed by atoms with Crippen molar-refractivity contribution in [3.8, 4) is 11.5 Å². The van der Waals surface area contributed by atoms with Gasteiger partial charge in [0.25, 0.3) is 5.91 Å². The molecule has 0 bridgehead atoms. The van der Waals surface area contributed by atoms with E-state index < -0.39 is 0 Å². The maximum Gasteiger partial charge on any atom is 0.270 e. The molecule has 6 nitrogen and oxygen atoms in total. The summed E-state index contributed by atoms with van der Waals surface area (Å²) < 4.78 is 11.6. The number of nitrogens with one attached hydrogen (secondary N) is 2. The Morgan fingerprint density at radius 2 is 1.83 bits per heavy atom. The lowest BCUT2D eigenvalue weighted by atomic mass is 10.1. The summed E-state index contributed by atoms with van der Waals surface area (Å²) in [5.74, 6) is 1.35. The van der Waals surface area contributed by atoms with Crippen LogP contribution in [0.1, 0.15) is 28.0 Å². The van der Waals surface area contributed by atoms with Gasteiger partial charge >= 0.3 is 0 Å². The van der Waals surface area contributed by atoms with Gasteiger partial charge in [-0.2, -0.15) is 0 Å². The van der Waals surface area contributed by atoms with Crippen molar-refractivity contribution in [3.63, 3.8) is 0 Å². The van der Waals surface area contributed by atoms with Gasteiger partial charge in [0, 0.05) is 37.0 Å². The Hall–Kier alpha value is -3.54. The predicted octanol–water partition coefficient (Wildman–Crippen LogP) is 3.79. The number of amides is 1. The number of hydrogen-bond acceptors (Lipinski definition) is 5. The van der Waals surface area contributed by atoms with Gasteiger partial charge in [-0.15, -0.1) is 0 Å². The molecule has 29 heavy (non-hydrogen) atoms. The van der Waals surface area contributed by atoms with E-state index in [4.69, 9.17) is 9.47 Å². The van der Waals surface area contributed by atoms with Gasteiger partial charge in [-0.05, 0) is 23.8 Å². The van der Waals surface area contributed by atoms with Gasteiger partial charge in [0.15, 0.2) is 11.5 Å². The minimum Gasteiger partial charge on any atom is -0.490 e. The van der Waals surface area contributed by atoms with Crippen molar-refractivity contribution in [1.82, 2.24) is 10.3 Å². The molecule has 0 spiro atoms. The Morgan fingerprint density at radius 1 is 0.966 bits per heavy atom. The maximum absolute atomic E-state index is 12.4. The van der Waals surface area contributed by atoms with Crippen LogP contribution in [0, 0.1) is 0 Å². The molecule has 2 N–H and O–H groups in total. The van der Waals surface area contributed by atoms with E-state index in [2.05, 4.69) is 15.6 Å². The van der Waals surface area contributed by atoms with Crippen LogP contribution in [0.25, 0.3) is 0 Å². The molecule has 6 heteroatoms. The number of para-hydroxylation sites is 1. The Bertz CT molecular complexity index is 976. The van der Waals surface area contributed by atoms with E-state index in [1.807, 2.05) is 54.6 Å². The van der Waals surface area contributed by atoms with Gasteiger partial charge in [0.2, 0.25) is 0 Å². The van der Waals surface area contributed by atoms with E-state index in [-0.39, 0.29) is 5.91 Å². The number of rotatable bonds is 6. The molecule has 1 aromatic heterocycles. The lowest BCUT2D eigenvalue weighted by Gasteiger charge is -2.14. The number of ether oxygens (including phenoxy) is 2. The number of benzene rings is 2. The van der Waals surface area contributed by atoms with Gasteiger partial charge in [-0.1, -0.05) is 42.5 Å². The summed E-state index contributed by atoms with van der Waals surface area (Å²) in [4.78, 5) is 16.6. The maximum atomic E-state index is 12.4. The van der Waals surface area contributed by atoms with Crippen LogP contribution in [0.4, 0.5) is 5.69 Å². The number of pyridine rings is 1. The first-order valence-corrected chi connectivity index (χ1v) is 9.69. The minimum atomic E-state index is -0.206. The van der Waals surface area contributed by atoms with Crippen LogP contribution in [0.15, 0.2) is 66.9 Å². The number of aromatic nitrogens is 1. The summed E-state index contributed by atoms with van der Waals surface area (Å²) in [6.07, 6.45) is 2.50. The molecule has 0 saturated carbocycles. The summed E-state index contributed by atoms with van der Waals surface area (Å²) in [5, 5.41) is 6.24. The third kappa shape index (κ3) is 4.85. The van der Waals surface area contributed by atoms with E-state index in [9.17, 15) is 4.79 Å². The van der Waals surface area contributed by atoms with Crippen molar-refractivity contribution in [1.29, 1.82) is 0 Å². The zero-order chi connectivity index (χ0) is 19.9. The van der Waals surface area contributed by atoms with E-state index in [1.54, 1.807) is 12.3 Å². The van der Waals surface area contributed by atoms with E-state index >= 15 is 0 Å². The van der Waals surface area contributed by atoms with Crippen molar-refractivity contribution in [2.24, 2.45) is 0 Å². The molecular formula is C23H23N3O3. The first-order valence-electron chi connectivity index (χ1n) is 9.69. The Balaban J connectivity index is 1.40. The molecule has 1 aliphatic heterocycles. The van der Waals surface area contributed by atoms with Crippen LogP contribution in [-0.4, -0.2) is 24.1 Å². The average Bonchev–Trinajstić information content (AvgIpc) is 3.03. The fourth-order valence-electron chi connectivity index (χ4n) is 3.12. The molecule has 148 valence electrons. The van der Waals surface area contributed by atoms with E-state index in [0.29, 0.717) is 32.0 Å². The molecule has 0 aliphatic carbocycles. The van der Waals surface area contributed by atoms with Crippen molar-refractivity contribution in [2.75, 3.05) is 18.5 Å². The Kier molecular flexibility index (Phi) is 5.90. The molecule has 1 aliphatic rings. The number of fused-ring (bicyclic) bond motifs is 1. The largest absolute Gasteiger partial charge is 0.490 e.